The summed E-state index contributed by atoms with van der Waals surface area (Å²) < 4.78 is 22.1. The molecule has 4 rings (SSSR count). The van der Waals surface area contributed by atoms with Gasteiger partial charge in [0.25, 0.3) is 0 Å². The van der Waals surface area contributed by atoms with Crippen molar-refractivity contribution in [3.63, 3.8) is 0 Å². The van der Waals surface area contributed by atoms with E-state index in [4.69, 9.17) is 39.5 Å². The van der Waals surface area contributed by atoms with Crippen molar-refractivity contribution in [3.05, 3.63) is 80.3 Å². The normalized spacial score (nSPS) is 17.1. The molecule has 1 unspecified atom stereocenters. The maximum Gasteiger partial charge on any atom is 0.413 e. The summed E-state index contributed by atoms with van der Waals surface area (Å²) in [5.74, 6) is -0.582. The number of carbonyl (C=O) groups excluding carboxylic acids is 2. The number of aliphatic imine (C=N–C) groups is 1. The number of alkyl carbamates (subject to hydrolysis) is 1. The number of nitrogens with one attached hydrogen (secondary N) is 1. The fourth-order valence-electron chi connectivity index (χ4n) is 3.91. The molecule has 1 aliphatic rings. The summed E-state index contributed by atoms with van der Waals surface area (Å²) in [5.41, 5.74) is -1.02. The number of hydrogen-bond donors (Lipinski definition) is 1. The summed E-state index contributed by atoms with van der Waals surface area (Å²) in [6.45, 7) is 6.91. The Labute approximate surface area is 227 Å². The molecule has 0 radical (unpaired) electrons. The third-order valence-corrected chi connectivity index (χ3v) is 6.48. The van der Waals surface area contributed by atoms with Gasteiger partial charge in [0.1, 0.15) is 27.8 Å². The maximum atomic E-state index is 15.2. The fourth-order valence-corrected chi connectivity index (χ4v) is 4.39. The lowest BCUT2D eigenvalue weighted by molar-refractivity contribution is 0.0562. The number of halogens is 4. The molecule has 1 aliphatic heterocycles. The first kappa shape index (κ1) is 27.0. The number of hydrogen-bond acceptors (Lipinski definition) is 6. The topological polar surface area (TPSA) is 98.5 Å². The average Bonchev–Trinajstić information content (AvgIpc) is 3.08. The molecule has 8 nitrogen and oxygen atoms in total. The van der Waals surface area contributed by atoms with Crippen molar-refractivity contribution in [2.75, 3.05) is 0 Å². The van der Waals surface area contributed by atoms with Crippen LogP contribution in [0.1, 0.15) is 55.1 Å². The summed E-state index contributed by atoms with van der Waals surface area (Å²) in [4.78, 5) is 38.2. The highest BCUT2D eigenvalue weighted by Gasteiger charge is 2.38. The molecular weight excluding hydrogens is 544 g/mol. The summed E-state index contributed by atoms with van der Waals surface area (Å²) in [6.07, 6.45) is 0.597. The molecule has 0 saturated carbocycles. The van der Waals surface area contributed by atoms with Gasteiger partial charge in [-0.05, 0) is 57.5 Å². The van der Waals surface area contributed by atoms with Crippen LogP contribution in [0.5, 0.6) is 0 Å². The van der Waals surface area contributed by atoms with Crippen molar-refractivity contribution in [2.24, 2.45) is 4.99 Å². The Morgan fingerprint density at radius 3 is 2.57 bits per heavy atom. The smallest absolute Gasteiger partial charge is 0.413 e. The first-order valence-electron chi connectivity index (χ1n) is 11.2. The minimum atomic E-state index is -1.24. The van der Waals surface area contributed by atoms with Crippen LogP contribution in [-0.4, -0.2) is 37.8 Å². The number of Topliss-reactive ketones (excluding diaryl/α,β-unsaturated/α-hetero) is 1. The molecule has 194 valence electrons. The van der Waals surface area contributed by atoms with E-state index in [9.17, 15) is 9.59 Å². The van der Waals surface area contributed by atoms with E-state index in [1.807, 2.05) is 0 Å². The number of amidine groups is 1. The highest BCUT2D eigenvalue weighted by Crippen LogP contribution is 2.37. The maximum absolute atomic E-state index is 15.2. The molecule has 0 saturated heterocycles. The first-order valence-corrected chi connectivity index (χ1v) is 12.3. The fraction of sp³-hybridized carbons (Fsp3) is 0.320. The zero-order valence-corrected chi connectivity index (χ0v) is 22.7. The second-order valence-electron chi connectivity index (χ2n) is 9.74. The van der Waals surface area contributed by atoms with Crippen LogP contribution in [-0.2, 0) is 23.2 Å². The number of fused-ring (bicyclic) bond motifs is 1. The molecule has 1 aromatic carbocycles. The Morgan fingerprint density at radius 1 is 1.19 bits per heavy atom. The molecule has 0 fully saturated rings. The predicted octanol–water partition coefficient (Wildman–Crippen LogP) is 6.00. The molecule has 3 heterocycles. The van der Waals surface area contributed by atoms with Gasteiger partial charge >= 0.3 is 6.09 Å². The monoisotopic (exact) mass is 565 g/mol. The molecule has 3 aromatic rings. The van der Waals surface area contributed by atoms with Crippen LogP contribution in [0.15, 0.2) is 41.5 Å². The minimum Gasteiger partial charge on any atom is -0.444 e. The predicted molar refractivity (Wildman–Crippen MR) is 139 cm³/mol. The molecule has 1 atom stereocenters. The first-order chi connectivity index (χ1) is 17.3. The second kappa shape index (κ2) is 10.0. The van der Waals surface area contributed by atoms with Crippen molar-refractivity contribution >= 4 is 52.5 Å². The van der Waals surface area contributed by atoms with Crippen molar-refractivity contribution in [1.29, 1.82) is 0 Å². The van der Waals surface area contributed by atoms with Crippen LogP contribution < -0.4 is 5.32 Å². The van der Waals surface area contributed by atoms with E-state index in [1.54, 1.807) is 44.4 Å². The largest absolute Gasteiger partial charge is 0.444 e. The van der Waals surface area contributed by atoms with E-state index in [1.165, 1.54) is 24.4 Å². The Hall–Kier alpha value is -3.01. The summed E-state index contributed by atoms with van der Waals surface area (Å²) in [7, 11) is 0. The minimum absolute atomic E-state index is 0.00916. The van der Waals surface area contributed by atoms with Gasteiger partial charge in [-0.15, -0.1) is 0 Å². The number of aromatic nitrogens is 3. The third kappa shape index (κ3) is 5.95. The number of benzene rings is 1. The Morgan fingerprint density at radius 2 is 1.92 bits per heavy atom. The van der Waals surface area contributed by atoms with Crippen molar-refractivity contribution in [3.8, 4) is 0 Å². The molecule has 12 heteroatoms. The number of nitrogens with zero attached hydrogens (tertiary/aromatic N) is 4. The number of carbonyl (C=O) groups is 2. The van der Waals surface area contributed by atoms with Gasteiger partial charge in [-0.25, -0.2) is 14.2 Å². The van der Waals surface area contributed by atoms with E-state index in [0.717, 1.165) is 0 Å². The number of imidazole rings is 1. The van der Waals surface area contributed by atoms with Crippen LogP contribution >= 0.6 is 34.8 Å². The Kier molecular flexibility index (Phi) is 7.34. The van der Waals surface area contributed by atoms with Crippen molar-refractivity contribution in [2.45, 2.75) is 51.8 Å². The molecule has 1 N–H and O–H groups in total. The molecule has 0 spiro atoms. The van der Waals surface area contributed by atoms with Gasteiger partial charge in [0.15, 0.2) is 22.6 Å². The average molecular weight is 567 g/mol. The third-order valence-electron chi connectivity index (χ3n) is 5.51. The van der Waals surface area contributed by atoms with Gasteiger partial charge in [0.2, 0.25) is 0 Å². The molecule has 2 aromatic heterocycles. The zero-order valence-electron chi connectivity index (χ0n) is 20.4. The van der Waals surface area contributed by atoms with Gasteiger partial charge < -0.3 is 9.30 Å². The number of rotatable bonds is 4. The van der Waals surface area contributed by atoms with Gasteiger partial charge in [-0.3, -0.25) is 20.1 Å². The number of amides is 1. The lowest BCUT2D eigenvalue weighted by atomic mass is 9.88. The molecule has 0 bridgehead atoms. The molecule has 37 heavy (non-hydrogen) atoms. The number of ketones is 1. The van der Waals surface area contributed by atoms with Crippen LogP contribution in [0.2, 0.25) is 15.3 Å². The van der Waals surface area contributed by atoms with E-state index >= 15 is 4.39 Å². The Bertz CT molecular complexity index is 1420. The second-order valence-corrected chi connectivity index (χ2v) is 10.9. The highest BCUT2D eigenvalue weighted by atomic mass is 35.5. The van der Waals surface area contributed by atoms with Crippen molar-refractivity contribution < 1.29 is 18.7 Å². The van der Waals surface area contributed by atoms with E-state index < -0.39 is 23.1 Å². The molecule has 1 amide bonds. The van der Waals surface area contributed by atoms with Crippen LogP contribution in [0.4, 0.5) is 9.18 Å². The summed E-state index contributed by atoms with van der Waals surface area (Å²) in [6, 6.07) is 7.46. The number of ether oxygens (including phenoxy) is 1. The highest BCUT2D eigenvalue weighted by molar-refractivity contribution is 6.41. The zero-order chi connectivity index (χ0) is 27.1. The van der Waals surface area contributed by atoms with Gasteiger partial charge in [0.05, 0.1) is 11.6 Å². The standard InChI is InChI=1S/C25H23Cl3FN5O3/c1-24(2,3)37-23(36)32-21-22-31-19(27)20(28)34(22)12-25(4,33-21)15-9-13(5-7-16(15)29)10-18(35)17-8-6-14(26)11-30-17/h5-9,11H,10,12H2,1-4H3,(H,32,33,36). The van der Waals surface area contributed by atoms with Crippen molar-refractivity contribution in [1.82, 2.24) is 19.9 Å². The number of pyridine rings is 1. The van der Waals surface area contributed by atoms with Gasteiger partial charge in [-0.2, -0.15) is 0 Å². The van der Waals surface area contributed by atoms with Gasteiger partial charge in [0, 0.05) is 18.2 Å². The van der Waals surface area contributed by atoms with E-state index in [-0.39, 0.29) is 52.0 Å². The van der Waals surface area contributed by atoms with Gasteiger partial charge in [-0.1, -0.05) is 40.9 Å². The summed E-state index contributed by atoms with van der Waals surface area (Å²) in [5, 5.41) is 3.12. The van der Waals surface area contributed by atoms with E-state index in [2.05, 4.69) is 20.3 Å². The summed E-state index contributed by atoms with van der Waals surface area (Å²) >= 11 is 18.4. The van der Waals surface area contributed by atoms with Crippen LogP contribution in [0.3, 0.4) is 0 Å². The lowest BCUT2D eigenvalue weighted by Gasteiger charge is -2.33. The molecule has 0 aliphatic carbocycles. The van der Waals surface area contributed by atoms with Crippen LogP contribution in [0, 0.1) is 5.82 Å². The lowest BCUT2D eigenvalue weighted by Crippen LogP contribution is -2.44. The quantitative estimate of drug-likeness (QED) is 0.391. The van der Waals surface area contributed by atoms with Crippen LogP contribution in [0.25, 0.3) is 0 Å². The SMILES string of the molecule is CC(C)(C)OC(=O)NC1=NC(C)(c2cc(CC(=O)c3ccc(Cl)cn3)ccc2F)Cn2c1nc(Cl)c2Cl. The molecular formula is C25H23Cl3FN5O3. The van der Waals surface area contributed by atoms with E-state index in [0.29, 0.717) is 10.6 Å². The Balaban J connectivity index is 1.71.